The summed E-state index contributed by atoms with van der Waals surface area (Å²) in [6.07, 6.45) is 3.68. The molecule has 1 fully saturated rings. The van der Waals surface area contributed by atoms with Gasteiger partial charge in [-0.05, 0) is 78.0 Å². The largest absolute Gasteiger partial charge is 0.493 e. The molecule has 1 saturated heterocycles. The van der Waals surface area contributed by atoms with Gasteiger partial charge >= 0.3 is 0 Å². The van der Waals surface area contributed by atoms with Crippen LogP contribution in [0.5, 0.6) is 11.5 Å². The summed E-state index contributed by atoms with van der Waals surface area (Å²) in [6.45, 7) is 8.48. The molecule has 0 atom stereocenters. The van der Waals surface area contributed by atoms with Crippen molar-refractivity contribution in [2.24, 2.45) is 0 Å². The molecule has 0 bridgehead atoms. The lowest BCUT2D eigenvalue weighted by atomic mass is 10.1. The molecule has 2 aromatic rings. The summed E-state index contributed by atoms with van der Waals surface area (Å²) >= 11 is 10.2. The number of aryl methyl sites for hydroxylation is 3. The second-order valence-electron chi connectivity index (χ2n) is 8.33. The number of hydrogen-bond acceptors (Lipinski definition) is 6. The van der Waals surface area contributed by atoms with Crippen molar-refractivity contribution in [2.45, 2.75) is 40.5 Å². The van der Waals surface area contributed by atoms with Crippen LogP contribution in [0.4, 0.5) is 5.69 Å². The van der Waals surface area contributed by atoms with Gasteiger partial charge in [0.1, 0.15) is 4.32 Å². The van der Waals surface area contributed by atoms with Crippen LogP contribution < -0.4 is 14.8 Å². The first-order valence-electron chi connectivity index (χ1n) is 11.3. The van der Waals surface area contributed by atoms with E-state index in [0.717, 1.165) is 40.8 Å². The number of anilines is 1. The van der Waals surface area contributed by atoms with Crippen LogP contribution in [0.15, 0.2) is 33.6 Å². The Morgan fingerprint density at radius 2 is 1.89 bits per heavy atom. The number of methoxy groups -OCH3 is 1. The minimum absolute atomic E-state index is 0.0813. The zero-order valence-electron chi connectivity index (χ0n) is 20.5. The van der Waals surface area contributed by atoms with Gasteiger partial charge in [-0.3, -0.25) is 14.5 Å². The smallest absolute Gasteiger partial charge is 0.266 e. The number of unbranched alkanes of at least 4 members (excludes halogenated alkanes) is 1. The third kappa shape index (κ3) is 6.65. The van der Waals surface area contributed by atoms with E-state index in [9.17, 15) is 9.59 Å². The van der Waals surface area contributed by atoms with Gasteiger partial charge in [-0.15, -0.1) is 0 Å². The normalized spacial score (nSPS) is 14.6. The fourth-order valence-corrected chi connectivity index (χ4v) is 5.70. The molecule has 1 heterocycles. The first kappa shape index (κ1) is 27.2. The van der Waals surface area contributed by atoms with Crippen molar-refractivity contribution in [1.82, 2.24) is 4.90 Å². The quantitative estimate of drug-likeness (QED) is 0.275. The third-order valence-electron chi connectivity index (χ3n) is 5.45. The van der Waals surface area contributed by atoms with Gasteiger partial charge in [0.05, 0.1) is 16.5 Å². The molecule has 0 spiro atoms. The molecule has 0 aliphatic carbocycles. The van der Waals surface area contributed by atoms with Crippen LogP contribution in [0.25, 0.3) is 6.08 Å². The van der Waals surface area contributed by atoms with Crippen LogP contribution >= 0.6 is 39.9 Å². The SMILES string of the molecule is CCCCN1C(=O)/C(=C/c2cc(Br)c(OCC(=O)Nc3c(C)cc(C)cc3C)c(OC)c2)SC1=S. The number of rotatable bonds is 9. The number of ether oxygens (including phenoxy) is 2. The van der Waals surface area contributed by atoms with E-state index in [4.69, 9.17) is 21.7 Å². The lowest BCUT2D eigenvalue weighted by molar-refractivity contribution is -0.122. The van der Waals surface area contributed by atoms with E-state index in [0.29, 0.717) is 31.7 Å². The Labute approximate surface area is 224 Å². The Balaban J connectivity index is 1.74. The van der Waals surface area contributed by atoms with Crippen LogP contribution in [0.3, 0.4) is 0 Å². The van der Waals surface area contributed by atoms with E-state index >= 15 is 0 Å². The van der Waals surface area contributed by atoms with E-state index < -0.39 is 0 Å². The van der Waals surface area contributed by atoms with E-state index in [-0.39, 0.29) is 18.4 Å². The Kier molecular flexibility index (Phi) is 9.38. The van der Waals surface area contributed by atoms with Gasteiger partial charge in [0.25, 0.3) is 11.8 Å². The van der Waals surface area contributed by atoms with Crippen molar-refractivity contribution in [1.29, 1.82) is 0 Å². The standard InChI is InChI=1S/C26H29BrN2O4S2/c1-6-7-8-29-25(31)21(35-26(29)34)13-18-11-19(27)24(20(12-18)32-5)33-14-22(30)28-23-16(3)9-15(2)10-17(23)4/h9-13H,6-8,14H2,1-5H3,(H,28,30)/b21-13-. The topological polar surface area (TPSA) is 67.9 Å². The number of carbonyl (C=O) groups is 2. The van der Waals surface area contributed by atoms with Crippen LogP contribution in [0.1, 0.15) is 42.0 Å². The molecule has 2 amide bonds. The summed E-state index contributed by atoms with van der Waals surface area (Å²) in [5, 5.41) is 2.93. The number of amides is 2. The number of carbonyl (C=O) groups excluding carboxylic acids is 2. The molecule has 186 valence electrons. The molecule has 0 saturated carbocycles. The minimum Gasteiger partial charge on any atom is -0.493 e. The Hall–Kier alpha value is -2.36. The molecule has 1 aliphatic rings. The number of nitrogens with zero attached hydrogens (tertiary/aromatic N) is 1. The van der Waals surface area contributed by atoms with Gasteiger partial charge in [-0.1, -0.05) is 55.0 Å². The second-order valence-corrected chi connectivity index (χ2v) is 10.9. The van der Waals surface area contributed by atoms with Crippen LogP contribution in [-0.2, 0) is 9.59 Å². The van der Waals surface area contributed by atoms with Crippen molar-refractivity contribution in [3.05, 3.63) is 55.9 Å². The summed E-state index contributed by atoms with van der Waals surface area (Å²) in [7, 11) is 1.53. The maximum atomic E-state index is 12.8. The van der Waals surface area contributed by atoms with Crippen molar-refractivity contribution in [2.75, 3.05) is 25.6 Å². The molecule has 6 nitrogen and oxygen atoms in total. The Morgan fingerprint density at radius 1 is 1.20 bits per heavy atom. The maximum Gasteiger partial charge on any atom is 0.266 e. The zero-order chi connectivity index (χ0) is 25.7. The molecule has 0 unspecified atom stereocenters. The van der Waals surface area contributed by atoms with Gasteiger partial charge in [0.15, 0.2) is 18.1 Å². The average molecular weight is 578 g/mol. The lowest BCUT2D eigenvalue weighted by Gasteiger charge is -2.15. The number of thioether (sulfide) groups is 1. The molecule has 2 aromatic carbocycles. The summed E-state index contributed by atoms with van der Waals surface area (Å²) in [6, 6.07) is 7.65. The predicted molar refractivity (Wildman–Crippen MR) is 150 cm³/mol. The fourth-order valence-electron chi connectivity index (χ4n) is 3.81. The van der Waals surface area contributed by atoms with Crippen LogP contribution in [-0.4, -0.2) is 41.3 Å². The molecular weight excluding hydrogens is 548 g/mol. The van der Waals surface area contributed by atoms with E-state index in [2.05, 4.69) is 28.2 Å². The van der Waals surface area contributed by atoms with Crippen molar-refractivity contribution in [3.8, 4) is 11.5 Å². The van der Waals surface area contributed by atoms with Crippen LogP contribution in [0.2, 0.25) is 0 Å². The maximum absolute atomic E-state index is 12.8. The highest BCUT2D eigenvalue weighted by Crippen LogP contribution is 2.39. The van der Waals surface area contributed by atoms with Crippen molar-refractivity contribution < 1.29 is 19.1 Å². The summed E-state index contributed by atoms with van der Waals surface area (Å²) in [5.74, 6) is 0.506. The molecule has 3 rings (SSSR count). The predicted octanol–water partition coefficient (Wildman–Crippen LogP) is 6.40. The van der Waals surface area contributed by atoms with E-state index in [1.54, 1.807) is 17.0 Å². The molecule has 1 aliphatic heterocycles. The summed E-state index contributed by atoms with van der Waals surface area (Å²) in [5.41, 5.74) is 4.69. The summed E-state index contributed by atoms with van der Waals surface area (Å²) < 4.78 is 12.5. The minimum atomic E-state index is -0.270. The van der Waals surface area contributed by atoms with E-state index in [1.807, 2.05) is 39.0 Å². The molecule has 0 radical (unpaired) electrons. The highest BCUT2D eigenvalue weighted by Gasteiger charge is 2.31. The highest BCUT2D eigenvalue weighted by atomic mass is 79.9. The van der Waals surface area contributed by atoms with Gasteiger partial charge in [0, 0.05) is 12.2 Å². The number of nitrogens with one attached hydrogen (secondary N) is 1. The van der Waals surface area contributed by atoms with Gasteiger partial charge in [0.2, 0.25) is 0 Å². The van der Waals surface area contributed by atoms with Gasteiger partial charge in [-0.25, -0.2) is 0 Å². The number of hydrogen-bond donors (Lipinski definition) is 1. The van der Waals surface area contributed by atoms with Gasteiger partial charge < -0.3 is 14.8 Å². The number of benzene rings is 2. The molecule has 9 heteroatoms. The number of halogens is 1. The highest BCUT2D eigenvalue weighted by molar-refractivity contribution is 9.10. The number of thiocarbonyl (C=S) groups is 1. The van der Waals surface area contributed by atoms with Crippen LogP contribution in [0, 0.1) is 20.8 Å². The third-order valence-corrected chi connectivity index (χ3v) is 7.41. The van der Waals surface area contributed by atoms with E-state index in [1.165, 1.54) is 18.9 Å². The average Bonchev–Trinajstić information content (AvgIpc) is 3.05. The fraction of sp³-hybridized carbons (Fsp3) is 0.346. The monoisotopic (exact) mass is 576 g/mol. The summed E-state index contributed by atoms with van der Waals surface area (Å²) in [4.78, 5) is 27.6. The molecule has 1 N–H and O–H groups in total. The Bertz CT molecular complexity index is 1170. The zero-order valence-corrected chi connectivity index (χ0v) is 23.7. The lowest BCUT2D eigenvalue weighted by Crippen LogP contribution is -2.28. The Morgan fingerprint density at radius 3 is 2.51 bits per heavy atom. The van der Waals surface area contributed by atoms with Gasteiger partial charge in [-0.2, -0.15) is 0 Å². The molecule has 0 aromatic heterocycles. The molecule has 35 heavy (non-hydrogen) atoms. The molecular formula is C26H29BrN2O4S2. The first-order valence-corrected chi connectivity index (χ1v) is 13.3. The second kappa shape index (κ2) is 12.1. The first-order chi connectivity index (χ1) is 16.6. The van der Waals surface area contributed by atoms with Crippen molar-refractivity contribution in [3.63, 3.8) is 0 Å². The van der Waals surface area contributed by atoms with Crippen molar-refractivity contribution >= 4 is 67.8 Å².